The van der Waals surface area contributed by atoms with Gasteiger partial charge in [-0.15, -0.1) is 0 Å². The van der Waals surface area contributed by atoms with Crippen molar-refractivity contribution < 1.29 is 4.79 Å². The van der Waals surface area contributed by atoms with Crippen LogP contribution in [0.15, 0.2) is 42.5 Å². The fourth-order valence-corrected chi connectivity index (χ4v) is 5.67. The van der Waals surface area contributed by atoms with Crippen molar-refractivity contribution in [1.82, 2.24) is 14.5 Å². The van der Waals surface area contributed by atoms with E-state index in [9.17, 15) is 4.79 Å². The molecule has 0 spiro atoms. The zero-order valence-electron chi connectivity index (χ0n) is 21.8. The quantitative estimate of drug-likeness (QED) is 0.266. The maximum absolute atomic E-state index is 13.5. The Hall–Kier alpha value is -3.19. The van der Waals surface area contributed by atoms with Gasteiger partial charge >= 0.3 is 0 Å². The predicted molar refractivity (Wildman–Crippen MR) is 149 cm³/mol. The van der Waals surface area contributed by atoms with Crippen molar-refractivity contribution in [2.24, 2.45) is 23.3 Å². The third-order valence-electron chi connectivity index (χ3n) is 8.00. The van der Waals surface area contributed by atoms with E-state index in [-0.39, 0.29) is 11.7 Å². The number of carbonyl (C=O) groups is 1. The molecule has 2 aromatic carbocycles. The number of amides is 1. The highest BCUT2D eigenvalue weighted by molar-refractivity contribution is 5.97. The molecule has 2 aliphatic rings. The standard InChI is InChI=1S/C30H40N6O/c31-16-17-35(19-22-4-2-1-3-5-22)30(37)25-13-14-27-26(18-25)34-28(36(27)20-23-6-7-23)15-10-21-8-11-24(12-9-21)29(32)33/h8-9,11-14,18,22-23H,1-7,10,15-17,19-20,31H2,(H3,32,33). The van der Waals surface area contributed by atoms with Gasteiger partial charge in [0.25, 0.3) is 5.91 Å². The zero-order valence-corrected chi connectivity index (χ0v) is 21.8. The number of fused-ring (bicyclic) bond motifs is 1. The number of aryl methyl sites for hydroxylation is 2. The lowest BCUT2D eigenvalue weighted by Crippen LogP contribution is -2.39. The molecule has 0 radical (unpaired) electrons. The summed E-state index contributed by atoms with van der Waals surface area (Å²) in [4.78, 5) is 20.5. The van der Waals surface area contributed by atoms with Crippen molar-refractivity contribution in [1.29, 1.82) is 5.41 Å². The normalized spacial score (nSPS) is 16.2. The third-order valence-corrected chi connectivity index (χ3v) is 8.00. The fourth-order valence-electron chi connectivity index (χ4n) is 5.67. The highest BCUT2D eigenvalue weighted by Gasteiger charge is 2.26. The molecule has 2 saturated carbocycles. The Kier molecular flexibility index (Phi) is 7.89. The lowest BCUT2D eigenvalue weighted by molar-refractivity contribution is 0.0719. The van der Waals surface area contributed by atoms with Crippen molar-refractivity contribution in [3.63, 3.8) is 0 Å². The van der Waals surface area contributed by atoms with Gasteiger partial charge in [0.15, 0.2) is 0 Å². The monoisotopic (exact) mass is 500 g/mol. The molecule has 3 aromatic rings. The van der Waals surface area contributed by atoms with E-state index in [2.05, 4.69) is 10.6 Å². The van der Waals surface area contributed by atoms with Gasteiger partial charge in [-0.05, 0) is 67.7 Å². The van der Waals surface area contributed by atoms with Crippen LogP contribution in [0.5, 0.6) is 0 Å². The Bertz CT molecular complexity index is 1240. The summed E-state index contributed by atoms with van der Waals surface area (Å²) in [7, 11) is 0. The molecule has 5 rings (SSSR count). The van der Waals surface area contributed by atoms with Crippen molar-refractivity contribution in [3.8, 4) is 0 Å². The second-order valence-electron chi connectivity index (χ2n) is 10.9. The van der Waals surface area contributed by atoms with Crippen LogP contribution >= 0.6 is 0 Å². The third kappa shape index (κ3) is 6.21. The highest BCUT2D eigenvalue weighted by atomic mass is 16.2. The number of amidine groups is 1. The van der Waals surface area contributed by atoms with Gasteiger partial charge in [0.05, 0.1) is 11.0 Å². The summed E-state index contributed by atoms with van der Waals surface area (Å²) in [6, 6.07) is 13.9. The molecule has 1 aromatic heterocycles. The topological polar surface area (TPSA) is 114 Å². The number of aromatic nitrogens is 2. The van der Waals surface area contributed by atoms with E-state index in [0.29, 0.717) is 24.6 Å². The van der Waals surface area contributed by atoms with E-state index >= 15 is 0 Å². The van der Waals surface area contributed by atoms with Crippen LogP contribution in [0.25, 0.3) is 11.0 Å². The van der Waals surface area contributed by atoms with Gasteiger partial charge in [-0.1, -0.05) is 43.5 Å². The molecule has 2 aliphatic carbocycles. The van der Waals surface area contributed by atoms with Crippen molar-refractivity contribution >= 4 is 22.8 Å². The molecular formula is C30H40N6O. The average molecular weight is 501 g/mol. The van der Waals surface area contributed by atoms with E-state index < -0.39 is 0 Å². The van der Waals surface area contributed by atoms with Crippen LogP contribution in [0, 0.1) is 17.2 Å². The SMILES string of the molecule is N=C(N)c1ccc(CCc2nc3cc(C(=O)N(CCN)CC4CCCCC4)ccc3n2CC2CC2)cc1. The Morgan fingerprint density at radius 2 is 1.70 bits per heavy atom. The largest absolute Gasteiger partial charge is 0.384 e. The lowest BCUT2D eigenvalue weighted by Gasteiger charge is -2.29. The maximum Gasteiger partial charge on any atom is 0.253 e. The molecule has 7 heteroatoms. The Labute approximate surface area is 219 Å². The van der Waals surface area contributed by atoms with Crippen LogP contribution < -0.4 is 11.5 Å². The molecule has 5 N–H and O–H groups in total. The molecule has 0 unspecified atom stereocenters. The highest BCUT2D eigenvalue weighted by Crippen LogP contribution is 2.33. The first kappa shape index (κ1) is 25.5. The predicted octanol–water partition coefficient (Wildman–Crippen LogP) is 4.50. The van der Waals surface area contributed by atoms with Gasteiger partial charge in [-0.3, -0.25) is 10.2 Å². The summed E-state index contributed by atoms with van der Waals surface area (Å²) < 4.78 is 2.37. The minimum atomic E-state index is 0.0711. The number of hydrogen-bond acceptors (Lipinski definition) is 4. The molecule has 1 heterocycles. The Balaban J connectivity index is 1.36. The molecule has 37 heavy (non-hydrogen) atoms. The van der Waals surface area contributed by atoms with Crippen LogP contribution in [0.4, 0.5) is 0 Å². The molecule has 196 valence electrons. The number of benzene rings is 2. The number of nitrogens with two attached hydrogens (primary N) is 2. The van der Waals surface area contributed by atoms with Crippen molar-refractivity contribution in [2.45, 2.75) is 64.3 Å². The van der Waals surface area contributed by atoms with Crippen LogP contribution in [-0.4, -0.2) is 45.8 Å². The summed E-state index contributed by atoms with van der Waals surface area (Å²) in [5.41, 5.74) is 16.2. The van der Waals surface area contributed by atoms with Crippen molar-refractivity contribution in [3.05, 3.63) is 65.0 Å². The number of hydrogen-bond donors (Lipinski definition) is 3. The van der Waals surface area contributed by atoms with Crippen LogP contribution in [-0.2, 0) is 19.4 Å². The first-order valence-electron chi connectivity index (χ1n) is 13.9. The fraction of sp³-hybridized carbons (Fsp3) is 0.500. The Morgan fingerprint density at radius 1 is 0.973 bits per heavy atom. The average Bonchev–Trinajstić information content (AvgIpc) is 3.67. The maximum atomic E-state index is 13.5. The smallest absolute Gasteiger partial charge is 0.253 e. The summed E-state index contributed by atoms with van der Waals surface area (Å²) >= 11 is 0. The van der Waals surface area contributed by atoms with Gasteiger partial charge in [-0.25, -0.2) is 4.98 Å². The number of carbonyl (C=O) groups excluding carboxylic acids is 1. The summed E-state index contributed by atoms with van der Waals surface area (Å²) in [5.74, 6) is 2.54. The van der Waals surface area contributed by atoms with E-state index in [1.54, 1.807) is 0 Å². The number of nitrogens with one attached hydrogen (secondary N) is 1. The van der Waals surface area contributed by atoms with Gasteiger partial charge in [0.2, 0.25) is 0 Å². The molecule has 0 atom stereocenters. The van der Waals surface area contributed by atoms with Crippen molar-refractivity contribution in [2.75, 3.05) is 19.6 Å². The Morgan fingerprint density at radius 3 is 2.38 bits per heavy atom. The second kappa shape index (κ2) is 11.5. The first-order valence-corrected chi connectivity index (χ1v) is 13.9. The summed E-state index contributed by atoms with van der Waals surface area (Å²) in [5, 5.41) is 7.60. The van der Waals surface area contributed by atoms with Gasteiger partial charge in [0.1, 0.15) is 11.7 Å². The minimum Gasteiger partial charge on any atom is -0.384 e. The number of nitrogen functional groups attached to an aromatic ring is 1. The number of imidazole rings is 1. The molecule has 0 aliphatic heterocycles. The van der Waals surface area contributed by atoms with E-state index in [1.165, 1.54) is 50.5 Å². The second-order valence-corrected chi connectivity index (χ2v) is 10.9. The summed E-state index contributed by atoms with van der Waals surface area (Å²) in [6.07, 6.45) is 10.5. The zero-order chi connectivity index (χ0) is 25.8. The molecular weight excluding hydrogens is 460 g/mol. The van der Waals surface area contributed by atoms with Crippen LogP contribution in [0.1, 0.15) is 72.3 Å². The molecule has 7 nitrogen and oxygen atoms in total. The molecule has 2 fully saturated rings. The lowest BCUT2D eigenvalue weighted by atomic mass is 9.89. The molecule has 1 amide bonds. The first-order chi connectivity index (χ1) is 18.0. The van der Waals surface area contributed by atoms with Gasteiger partial charge < -0.3 is 20.9 Å². The molecule has 0 bridgehead atoms. The van der Waals surface area contributed by atoms with Crippen LogP contribution in [0.3, 0.4) is 0 Å². The van der Waals surface area contributed by atoms with E-state index in [0.717, 1.165) is 54.3 Å². The van der Waals surface area contributed by atoms with E-state index in [4.69, 9.17) is 21.9 Å². The number of rotatable bonds is 11. The number of nitrogens with zero attached hydrogens (tertiary/aromatic N) is 3. The van der Waals surface area contributed by atoms with E-state index in [1.807, 2.05) is 41.3 Å². The van der Waals surface area contributed by atoms with Gasteiger partial charge in [-0.2, -0.15) is 0 Å². The molecule has 0 saturated heterocycles. The van der Waals surface area contributed by atoms with Crippen LogP contribution in [0.2, 0.25) is 0 Å². The summed E-state index contributed by atoms with van der Waals surface area (Å²) in [6.45, 7) is 2.87. The minimum absolute atomic E-state index is 0.0711. The van der Waals surface area contributed by atoms with Gasteiger partial charge in [0, 0.05) is 43.7 Å².